The third-order valence-electron chi connectivity index (χ3n) is 5.98. The number of benzene rings is 2. The Hall–Kier alpha value is -2.70. The van der Waals surface area contributed by atoms with Gasteiger partial charge in [-0.15, -0.1) is 11.3 Å². The summed E-state index contributed by atoms with van der Waals surface area (Å²) >= 11 is 7.29. The second kappa shape index (κ2) is 15.4. The number of carbonyl (C=O) groups excluding carboxylic acids is 2. The molecule has 7 heteroatoms. The van der Waals surface area contributed by atoms with Gasteiger partial charge in [-0.25, -0.2) is 9.78 Å². The van der Waals surface area contributed by atoms with Crippen molar-refractivity contribution in [2.45, 2.75) is 71.1 Å². The number of nitrogens with zero attached hydrogens (tertiary/aromatic N) is 1. The van der Waals surface area contributed by atoms with Gasteiger partial charge >= 0.3 is 5.97 Å². The molecule has 1 aromatic heterocycles. The number of carbonyl (C=O) groups is 2. The lowest BCUT2D eigenvalue weighted by Gasteiger charge is -2.06. The highest BCUT2D eigenvalue weighted by Crippen LogP contribution is 2.26. The van der Waals surface area contributed by atoms with Crippen molar-refractivity contribution < 1.29 is 14.3 Å². The van der Waals surface area contributed by atoms with Crippen LogP contribution in [0.4, 0.5) is 5.13 Å². The van der Waals surface area contributed by atoms with Gasteiger partial charge in [0.05, 0.1) is 17.9 Å². The number of unbranched alkanes of at least 4 members (excludes halogenated alkanes) is 9. The normalized spacial score (nSPS) is 10.8. The molecule has 2 aromatic carbocycles. The van der Waals surface area contributed by atoms with Crippen LogP contribution in [0.1, 0.15) is 91.8 Å². The van der Waals surface area contributed by atoms with Crippen LogP contribution in [0.2, 0.25) is 5.02 Å². The summed E-state index contributed by atoms with van der Waals surface area (Å²) in [6.07, 6.45) is 12.4. The van der Waals surface area contributed by atoms with Gasteiger partial charge in [0.15, 0.2) is 5.13 Å². The molecule has 5 nitrogen and oxygen atoms in total. The number of esters is 1. The Labute approximate surface area is 223 Å². The second-order valence-electron chi connectivity index (χ2n) is 8.89. The van der Waals surface area contributed by atoms with Gasteiger partial charge in [0.25, 0.3) is 5.91 Å². The van der Waals surface area contributed by atoms with Gasteiger partial charge < -0.3 is 4.74 Å². The molecular weight excluding hydrogens is 492 g/mol. The molecule has 0 aliphatic rings. The van der Waals surface area contributed by atoms with Crippen LogP contribution in [0.3, 0.4) is 0 Å². The van der Waals surface area contributed by atoms with Gasteiger partial charge in [0.1, 0.15) is 0 Å². The first-order valence-corrected chi connectivity index (χ1v) is 14.1. The van der Waals surface area contributed by atoms with Gasteiger partial charge in [0, 0.05) is 21.5 Å². The summed E-state index contributed by atoms with van der Waals surface area (Å²) in [7, 11) is 0. The molecule has 1 amide bonds. The highest BCUT2D eigenvalue weighted by Gasteiger charge is 2.12. The maximum Gasteiger partial charge on any atom is 0.338 e. The van der Waals surface area contributed by atoms with E-state index in [2.05, 4.69) is 17.2 Å². The van der Waals surface area contributed by atoms with Crippen LogP contribution < -0.4 is 5.32 Å². The number of hydrogen-bond acceptors (Lipinski definition) is 5. The Morgan fingerprint density at radius 2 is 1.42 bits per heavy atom. The number of rotatable bonds is 15. The summed E-state index contributed by atoms with van der Waals surface area (Å²) in [5, 5.41) is 5.86. The number of aromatic nitrogens is 1. The van der Waals surface area contributed by atoms with Crippen molar-refractivity contribution in [2.24, 2.45) is 0 Å². The van der Waals surface area contributed by atoms with Gasteiger partial charge in [-0.05, 0) is 42.8 Å². The first kappa shape index (κ1) is 27.9. The van der Waals surface area contributed by atoms with E-state index >= 15 is 0 Å². The number of nitrogens with one attached hydrogen (secondary N) is 1. The third-order valence-corrected chi connectivity index (χ3v) is 6.99. The van der Waals surface area contributed by atoms with Gasteiger partial charge in [-0.3, -0.25) is 10.1 Å². The molecule has 0 spiro atoms. The Balaban J connectivity index is 1.35. The maximum atomic E-state index is 12.6. The molecule has 192 valence electrons. The topological polar surface area (TPSA) is 68.3 Å². The first-order valence-electron chi connectivity index (χ1n) is 12.9. The number of hydrogen-bond donors (Lipinski definition) is 1. The molecule has 0 atom stereocenters. The first-order chi connectivity index (χ1) is 17.6. The molecule has 3 aromatic rings. The fourth-order valence-corrected chi connectivity index (χ4v) is 4.69. The maximum absolute atomic E-state index is 12.6. The van der Waals surface area contributed by atoms with E-state index < -0.39 is 0 Å². The fraction of sp³-hybridized carbons (Fsp3) is 0.414. The number of anilines is 1. The molecule has 3 rings (SSSR count). The Morgan fingerprint density at radius 1 is 0.833 bits per heavy atom. The lowest BCUT2D eigenvalue weighted by atomic mass is 10.1. The second-order valence-corrected chi connectivity index (χ2v) is 10.2. The van der Waals surface area contributed by atoms with Crippen molar-refractivity contribution in [3.05, 3.63) is 70.1 Å². The van der Waals surface area contributed by atoms with Crippen LogP contribution in [-0.4, -0.2) is 23.5 Å². The van der Waals surface area contributed by atoms with Crippen LogP contribution in [-0.2, 0) is 4.74 Å². The van der Waals surface area contributed by atoms with E-state index in [1.807, 2.05) is 17.5 Å². The molecule has 0 aliphatic heterocycles. The molecule has 0 saturated heterocycles. The minimum Gasteiger partial charge on any atom is -0.462 e. The Morgan fingerprint density at radius 3 is 2.06 bits per heavy atom. The molecule has 1 heterocycles. The van der Waals surface area contributed by atoms with Crippen LogP contribution >= 0.6 is 22.9 Å². The zero-order valence-corrected chi connectivity index (χ0v) is 22.5. The standard InChI is InChI=1S/C29H35ClN2O3S/c1-2-3-4-5-6-7-8-9-10-11-20-35-28(34)24-14-12-23(13-15-24)27(33)32-29-31-26(21-36-29)22-16-18-25(30)19-17-22/h12-19,21H,2-11,20H2,1H3,(H,31,32,33). The monoisotopic (exact) mass is 526 g/mol. The highest BCUT2D eigenvalue weighted by molar-refractivity contribution is 7.14. The molecule has 0 saturated carbocycles. The average molecular weight is 527 g/mol. The summed E-state index contributed by atoms with van der Waals surface area (Å²) in [4.78, 5) is 29.4. The van der Waals surface area contributed by atoms with Crippen LogP contribution in [0.25, 0.3) is 11.3 Å². The number of halogens is 1. The highest BCUT2D eigenvalue weighted by atomic mass is 35.5. The predicted molar refractivity (Wildman–Crippen MR) is 149 cm³/mol. The van der Waals surface area contributed by atoms with Crippen molar-refractivity contribution in [2.75, 3.05) is 11.9 Å². The van der Waals surface area contributed by atoms with Crippen molar-refractivity contribution in [1.82, 2.24) is 4.98 Å². The lowest BCUT2D eigenvalue weighted by molar-refractivity contribution is 0.0497. The number of thiazole rings is 1. The summed E-state index contributed by atoms with van der Waals surface area (Å²) in [5.74, 6) is -0.636. The molecule has 0 radical (unpaired) electrons. The van der Waals surface area contributed by atoms with Crippen LogP contribution in [0.5, 0.6) is 0 Å². The fourth-order valence-electron chi connectivity index (χ4n) is 3.85. The summed E-state index contributed by atoms with van der Waals surface area (Å²) in [6.45, 7) is 2.67. The SMILES string of the molecule is CCCCCCCCCCCCOC(=O)c1ccc(C(=O)Nc2nc(-c3ccc(Cl)cc3)cs2)cc1. The van der Waals surface area contributed by atoms with Gasteiger partial charge in [-0.1, -0.05) is 88.4 Å². The number of ether oxygens (including phenoxy) is 1. The average Bonchev–Trinajstić information content (AvgIpc) is 3.36. The molecule has 0 fully saturated rings. The van der Waals surface area contributed by atoms with E-state index in [1.165, 1.54) is 62.7 Å². The van der Waals surface area contributed by atoms with E-state index in [0.29, 0.717) is 27.9 Å². The van der Waals surface area contributed by atoms with Crippen LogP contribution in [0, 0.1) is 0 Å². The number of amides is 1. The van der Waals surface area contributed by atoms with Gasteiger partial charge in [0.2, 0.25) is 0 Å². The molecule has 0 aliphatic carbocycles. The molecule has 0 unspecified atom stereocenters. The quantitative estimate of drug-likeness (QED) is 0.159. The summed E-state index contributed by atoms with van der Waals surface area (Å²) in [5.41, 5.74) is 2.59. The largest absolute Gasteiger partial charge is 0.462 e. The summed E-state index contributed by atoms with van der Waals surface area (Å²) in [6, 6.07) is 13.9. The smallest absolute Gasteiger partial charge is 0.338 e. The van der Waals surface area contributed by atoms with E-state index in [1.54, 1.807) is 36.4 Å². The zero-order valence-electron chi connectivity index (χ0n) is 20.9. The van der Waals surface area contributed by atoms with E-state index in [-0.39, 0.29) is 11.9 Å². The summed E-state index contributed by atoms with van der Waals surface area (Å²) < 4.78 is 5.39. The molecule has 0 bridgehead atoms. The van der Waals surface area contributed by atoms with Crippen LogP contribution in [0.15, 0.2) is 53.9 Å². The van der Waals surface area contributed by atoms with E-state index in [0.717, 1.165) is 24.1 Å². The predicted octanol–water partition coefficient (Wildman–Crippen LogP) is 8.79. The van der Waals surface area contributed by atoms with Crippen molar-refractivity contribution >= 4 is 39.9 Å². The molecule has 36 heavy (non-hydrogen) atoms. The third kappa shape index (κ3) is 9.40. The Bertz CT molecular complexity index is 1080. The minimum absolute atomic E-state index is 0.280. The van der Waals surface area contributed by atoms with Crippen molar-refractivity contribution in [3.8, 4) is 11.3 Å². The molecule has 1 N–H and O–H groups in total. The van der Waals surface area contributed by atoms with Crippen molar-refractivity contribution in [1.29, 1.82) is 0 Å². The zero-order chi connectivity index (χ0) is 25.6. The Kier molecular flexibility index (Phi) is 11.9. The lowest BCUT2D eigenvalue weighted by Crippen LogP contribution is -2.12. The molecular formula is C29H35ClN2O3S. The van der Waals surface area contributed by atoms with E-state index in [4.69, 9.17) is 16.3 Å². The minimum atomic E-state index is -0.356. The van der Waals surface area contributed by atoms with E-state index in [9.17, 15) is 9.59 Å². The van der Waals surface area contributed by atoms with Crippen molar-refractivity contribution in [3.63, 3.8) is 0 Å². The van der Waals surface area contributed by atoms with Gasteiger partial charge in [-0.2, -0.15) is 0 Å².